The van der Waals surface area contributed by atoms with Crippen molar-refractivity contribution in [1.29, 1.82) is 0 Å². The Labute approximate surface area is 67.9 Å². The molecule has 0 radical (unpaired) electrons. The van der Waals surface area contributed by atoms with Crippen molar-refractivity contribution in [2.24, 2.45) is 0 Å². The Bertz CT molecular complexity index is 257. The van der Waals surface area contributed by atoms with E-state index in [9.17, 15) is 8.42 Å². The van der Waals surface area contributed by atoms with Gasteiger partial charge < -0.3 is 0 Å². The zero-order valence-electron chi connectivity index (χ0n) is 7.05. The van der Waals surface area contributed by atoms with E-state index in [4.69, 9.17) is 0 Å². The van der Waals surface area contributed by atoms with Crippen molar-refractivity contribution in [3.8, 4) is 0 Å². The molecule has 0 atom stereocenters. The molecule has 64 valence electrons. The summed E-state index contributed by atoms with van der Waals surface area (Å²) in [6, 6.07) is 0. The molecular formula is C8H14O2S. The summed E-state index contributed by atoms with van der Waals surface area (Å²) < 4.78 is 22.9. The van der Waals surface area contributed by atoms with E-state index < -0.39 is 9.84 Å². The third-order valence-electron chi connectivity index (χ3n) is 3.21. The Balaban J connectivity index is 2.36. The molecule has 2 fully saturated rings. The van der Waals surface area contributed by atoms with Crippen molar-refractivity contribution in [2.75, 3.05) is 0 Å². The van der Waals surface area contributed by atoms with E-state index in [0.29, 0.717) is 0 Å². The topological polar surface area (TPSA) is 34.1 Å². The molecule has 0 aromatic rings. The highest BCUT2D eigenvalue weighted by molar-refractivity contribution is 7.94. The van der Waals surface area contributed by atoms with Gasteiger partial charge >= 0.3 is 0 Å². The van der Waals surface area contributed by atoms with Gasteiger partial charge in [-0.3, -0.25) is 0 Å². The van der Waals surface area contributed by atoms with E-state index in [1.807, 2.05) is 13.8 Å². The first-order valence-corrected chi connectivity index (χ1v) is 5.64. The lowest BCUT2D eigenvalue weighted by Gasteiger charge is -2.15. The Kier molecular flexibility index (Phi) is 1.14. The number of hydrogen-bond acceptors (Lipinski definition) is 2. The maximum absolute atomic E-state index is 11.8. The van der Waals surface area contributed by atoms with Crippen molar-refractivity contribution in [1.82, 2.24) is 0 Å². The molecule has 0 N–H and O–H groups in total. The van der Waals surface area contributed by atoms with Crippen LogP contribution >= 0.6 is 0 Å². The maximum Gasteiger partial charge on any atom is 0.161 e. The van der Waals surface area contributed by atoms with Gasteiger partial charge in [0.25, 0.3) is 0 Å². The Morgan fingerprint density at radius 2 is 1.18 bits per heavy atom. The van der Waals surface area contributed by atoms with Crippen LogP contribution in [-0.4, -0.2) is 17.9 Å². The lowest BCUT2D eigenvalue weighted by atomic mass is 10.5. The zero-order chi connectivity index (χ0) is 8.33. The van der Waals surface area contributed by atoms with E-state index in [1.54, 1.807) is 0 Å². The van der Waals surface area contributed by atoms with Gasteiger partial charge in [-0.2, -0.15) is 0 Å². The summed E-state index contributed by atoms with van der Waals surface area (Å²) in [7, 11) is -2.79. The minimum absolute atomic E-state index is 0.335. The van der Waals surface area contributed by atoms with Gasteiger partial charge in [-0.05, 0) is 39.5 Å². The van der Waals surface area contributed by atoms with Gasteiger partial charge in [-0.15, -0.1) is 0 Å². The van der Waals surface area contributed by atoms with E-state index in [2.05, 4.69) is 0 Å². The number of sulfone groups is 1. The van der Waals surface area contributed by atoms with Gasteiger partial charge in [0.1, 0.15) is 0 Å². The van der Waals surface area contributed by atoms with Gasteiger partial charge in [-0.25, -0.2) is 8.42 Å². The summed E-state index contributed by atoms with van der Waals surface area (Å²) in [5.74, 6) is 0. The predicted octanol–water partition coefficient (Wildman–Crippen LogP) is 1.51. The van der Waals surface area contributed by atoms with Crippen LogP contribution in [0.3, 0.4) is 0 Å². The monoisotopic (exact) mass is 174 g/mol. The van der Waals surface area contributed by atoms with Crippen molar-refractivity contribution < 1.29 is 8.42 Å². The van der Waals surface area contributed by atoms with E-state index in [-0.39, 0.29) is 9.49 Å². The molecular weight excluding hydrogens is 160 g/mol. The fraction of sp³-hybridized carbons (Fsp3) is 1.00. The molecule has 0 aliphatic heterocycles. The highest BCUT2D eigenvalue weighted by Gasteiger charge is 2.62. The lowest BCUT2D eigenvalue weighted by Crippen LogP contribution is -2.30. The van der Waals surface area contributed by atoms with Crippen LogP contribution in [0.4, 0.5) is 0 Å². The maximum atomic E-state index is 11.8. The SMILES string of the molecule is CC1(S(=O)(=O)C2(C)CC2)CC1. The molecule has 0 heterocycles. The van der Waals surface area contributed by atoms with Crippen LogP contribution in [0.25, 0.3) is 0 Å². The van der Waals surface area contributed by atoms with Crippen LogP contribution in [0.2, 0.25) is 0 Å². The second-order valence-corrected chi connectivity index (χ2v) is 7.38. The second kappa shape index (κ2) is 1.65. The summed E-state index contributed by atoms with van der Waals surface area (Å²) in [5.41, 5.74) is 0. The molecule has 2 nitrogen and oxygen atoms in total. The normalized spacial score (nSPS) is 31.5. The summed E-state index contributed by atoms with van der Waals surface area (Å²) in [4.78, 5) is 0. The van der Waals surface area contributed by atoms with E-state index >= 15 is 0 Å². The van der Waals surface area contributed by atoms with Crippen LogP contribution in [0, 0.1) is 0 Å². The molecule has 2 aliphatic rings. The summed E-state index contributed by atoms with van der Waals surface area (Å²) in [5, 5.41) is 0. The number of hydrogen-bond donors (Lipinski definition) is 0. The Morgan fingerprint density at radius 1 is 0.909 bits per heavy atom. The van der Waals surface area contributed by atoms with Crippen LogP contribution in [0.5, 0.6) is 0 Å². The van der Waals surface area contributed by atoms with Crippen LogP contribution in [-0.2, 0) is 9.84 Å². The zero-order valence-corrected chi connectivity index (χ0v) is 7.87. The predicted molar refractivity (Wildman–Crippen MR) is 44.2 cm³/mol. The molecule has 0 aromatic carbocycles. The lowest BCUT2D eigenvalue weighted by molar-refractivity contribution is 0.567. The molecule has 0 saturated heterocycles. The summed E-state index contributed by atoms with van der Waals surface area (Å²) in [6.45, 7) is 3.76. The summed E-state index contributed by atoms with van der Waals surface area (Å²) in [6.07, 6.45) is 3.52. The number of rotatable bonds is 2. The van der Waals surface area contributed by atoms with Crippen molar-refractivity contribution >= 4 is 9.84 Å². The van der Waals surface area contributed by atoms with Crippen LogP contribution < -0.4 is 0 Å². The van der Waals surface area contributed by atoms with Crippen LogP contribution in [0.1, 0.15) is 39.5 Å². The van der Waals surface area contributed by atoms with Crippen molar-refractivity contribution in [2.45, 2.75) is 49.0 Å². The minimum atomic E-state index is -2.79. The fourth-order valence-electron chi connectivity index (χ4n) is 1.48. The van der Waals surface area contributed by atoms with Crippen molar-refractivity contribution in [3.63, 3.8) is 0 Å². The Hall–Kier alpha value is -0.0500. The molecule has 3 heteroatoms. The smallest absolute Gasteiger partial charge is 0.161 e. The van der Waals surface area contributed by atoms with Gasteiger partial charge in [0.05, 0.1) is 9.49 Å². The van der Waals surface area contributed by atoms with Crippen molar-refractivity contribution in [3.05, 3.63) is 0 Å². The highest BCUT2D eigenvalue weighted by atomic mass is 32.2. The molecule has 0 aromatic heterocycles. The van der Waals surface area contributed by atoms with Crippen LogP contribution in [0.15, 0.2) is 0 Å². The van der Waals surface area contributed by atoms with E-state index in [0.717, 1.165) is 25.7 Å². The van der Waals surface area contributed by atoms with Gasteiger partial charge in [-0.1, -0.05) is 0 Å². The molecule has 2 rings (SSSR count). The first-order chi connectivity index (χ1) is 4.91. The average Bonchev–Trinajstić information content (AvgIpc) is 2.72. The summed E-state index contributed by atoms with van der Waals surface area (Å²) >= 11 is 0. The average molecular weight is 174 g/mol. The molecule has 0 spiro atoms. The third kappa shape index (κ3) is 0.805. The molecule has 0 amide bonds. The first-order valence-electron chi connectivity index (χ1n) is 4.16. The highest BCUT2D eigenvalue weighted by Crippen LogP contribution is 2.55. The third-order valence-corrected chi connectivity index (χ3v) is 6.62. The molecule has 2 saturated carbocycles. The fourth-order valence-corrected chi connectivity index (χ4v) is 3.95. The molecule has 0 bridgehead atoms. The molecule has 0 unspecified atom stereocenters. The quantitative estimate of drug-likeness (QED) is 0.636. The van der Waals surface area contributed by atoms with Gasteiger partial charge in [0, 0.05) is 0 Å². The standard InChI is InChI=1S/C8H14O2S/c1-7(3-4-7)11(9,10)8(2)5-6-8/h3-6H2,1-2H3. The largest absolute Gasteiger partial charge is 0.228 e. The van der Waals surface area contributed by atoms with Gasteiger partial charge in [0.15, 0.2) is 9.84 Å². The molecule has 2 aliphatic carbocycles. The Morgan fingerprint density at radius 3 is 1.36 bits per heavy atom. The van der Waals surface area contributed by atoms with Gasteiger partial charge in [0.2, 0.25) is 0 Å². The second-order valence-electron chi connectivity index (χ2n) is 4.40. The molecule has 11 heavy (non-hydrogen) atoms. The van der Waals surface area contributed by atoms with E-state index in [1.165, 1.54) is 0 Å². The minimum Gasteiger partial charge on any atom is -0.228 e. The first kappa shape index (κ1) is 7.59.